The first kappa shape index (κ1) is 10.5. The first-order valence-electron chi connectivity index (χ1n) is 3.51. The predicted molar refractivity (Wildman–Crippen MR) is 58.2 cm³/mol. The molecule has 70 valence electrons. The third kappa shape index (κ3) is 4.85. The number of rotatable bonds is 3. The molecule has 1 aromatic carbocycles. The molecular weight excluding hydrogens is 205 g/mol. The van der Waals surface area contributed by atoms with Crippen LogP contribution in [0, 0.1) is 0 Å². The van der Waals surface area contributed by atoms with Crippen LogP contribution in [0.3, 0.4) is 0 Å². The Morgan fingerprint density at radius 3 is 2.46 bits per heavy atom. The molecule has 0 radical (unpaired) electrons. The van der Waals surface area contributed by atoms with E-state index in [0.29, 0.717) is 0 Å². The fourth-order valence-electron chi connectivity index (χ4n) is 0.672. The van der Waals surface area contributed by atoms with E-state index in [1.807, 2.05) is 30.3 Å². The van der Waals surface area contributed by atoms with Crippen LogP contribution >= 0.6 is 18.0 Å². The highest BCUT2D eigenvalue weighted by Gasteiger charge is 2.05. The van der Waals surface area contributed by atoms with Gasteiger partial charge >= 0.3 is 0 Å². The zero-order valence-corrected chi connectivity index (χ0v) is 8.54. The summed E-state index contributed by atoms with van der Waals surface area (Å²) < 4.78 is 10.8. The van der Waals surface area contributed by atoms with Gasteiger partial charge in [-0.05, 0) is 23.5 Å². The summed E-state index contributed by atoms with van der Waals surface area (Å²) in [6.45, 7) is -3.04. The topological polar surface area (TPSA) is 81.5 Å². The van der Waals surface area contributed by atoms with Crippen molar-refractivity contribution in [1.29, 1.82) is 0 Å². The zero-order chi connectivity index (χ0) is 9.73. The van der Waals surface area contributed by atoms with Gasteiger partial charge in [0, 0.05) is 0 Å². The van der Waals surface area contributed by atoms with E-state index in [-0.39, 0.29) is 0 Å². The van der Waals surface area contributed by atoms with Gasteiger partial charge in [0.15, 0.2) is 0 Å². The average molecular weight is 215 g/mol. The summed E-state index contributed by atoms with van der Waals surface area (Å²) in [5.74, 6) is 0. The fourth-order valence-corrected chi connectivity index (χ4v) is 1.57. The number of hydrogen-bond donors (Lipinski definition) is 2. The van der Waals surface area contributed by atoms with Crippen molar-refractivity contribution in [3.05, 3.63) is 30.3 Å². The van der Waals surface area contributed by atoms with Gasteiger partial charge in [-0.2, -0.15) is 0 Å². The number of para-hydroxylation sites is 1. The quantitative estimate of drug-likeness (QED) is 0.459. The summed E-state index contributed by atoms with van der Waals surface area (Å²) in [5, 5.41) is 0. The third-order valence-corrected chi connectivity index (χ3v) is 2.97. The maximum absolute atomic E-state index is 10.8. The highest BCUT2D eigenvalue weighted by molar-refractivity contribution is 8.63. The summed E-state index contributed by atoms with van der Waals surface area (Å²) in [7, 11) is 0. The summed E-state index contributed by atoms with van der Waals surface area (Å²) in [6, 6.07) is 9.27. The number of benzene rings is 1. The summed E-state index contributed by atoms with van der Waals surface area (Å²) in [6.07, 6.45) is 0. The van der Waals surface area contributed by atoms with Gasteiger partial charge in [0.05, 0.1) is 11.2 Å². The zero-order valence-electron chi connectivity index (χ0n) is 6.83. The minimum atomic E-state index is -3.04. The van der Waals surface area contributed by atoms with Crippen molar-refractivity contribution in [3.63, 3.8) is 0 Å². The van der Waals surface area contributed by atoms with Crippen LogP contribution in [-0.2, 0) is 4.57 Å². The molecule has 1 rings (SSSR count). The maximum atomic E-state index is 10.8. The first-order valence-corrected chi connectivity index (χ1v) is 6.84. The standard InChI is InChI=1S/C7H10N3OPS/c8-12(9,11)13-6-10-7-4-2-1-3-5-7/h1-6H,(H4,8,9,11)/b10-6+. The van der Waals surface area contributed by atoms with Crippen molar-refractivity contribution < 1.29 is 4.57 Å². The molecule has 0 aliphatic carbocycles. The average Bonchev–Trinajstić information content (AvgIpc) is 2.04. The molecule has 0 atom stereocenters. The van der Waals surface area contributed by atoms with Crippen LogP contribution in [0.25, 0.3) is 0 Å². The number of nitrogens with two attached hydrogens (primary N) is 2. The first-order chi connectivity index (χ1) is 6.08. The minimum absolute atomic E-state index is 0.781. The Kier molecular flexibility index (Phi) is 3.69. The molecule has 0 unspecified atom stereocenters. The van der Waals surface area contributed by atoms with E-state index in [9.17, 15) is 4.57 Å². The van der Waals surface area contributed by atoms with Crippen LogP contribution < -0.4 is 11.0 Å². The molecule has 0 saturated heterocycles. The molecule has 0 amide bonds. The molecule has 0 fully saturated rings. The molecule has 6 heteroatoms. The highest BCUT2D eigenvalue weighted by atomic mass is 32.7. The van der Waals surface area contributed by atoms with Crippen LogP contribution in [0.5, 0.6) is 0 Å². The molecule has 0 aliphatic heterocycles. The van der Waals surface area contributed by atoms with Gasteiger partial charge in [0.1, 0.15) is 0 Å². The molecule has 4 N–H and O–H groups in total. The number of nitrogens with zero attached hydrogens (tertiary/aromatic N) is 1. The summed E-state index contributed by atoms with van der Waals surface area (Å²) in [5.41, 5.74) is 12.4. The monoisotopic (exact) mass is 215 g/mol. The lowest BCUT2D eigenvalue weighted by molar-refractivity contribution is 0.587. The molecule has 0 aliphatic rings. The van der Waals surface area contributed by atoms with Crippen molar-refractivity contribution in [2.24, 2.45) is 16.0 Å². The van der Waals surface area contributed by atoms with Gasteiger partial charge in [-0.3, -0.25) is 15.6 Å². The van der Waals surface area contributed by atoms with E-state index in [1.165, 1.54) is 5.55 Å². The van der Waals surface area contributed by atoms with Gasteiger partial charge < -0.3 is 0 Å². The van der Waals surface area contributed by atoms with Crippen LogP contribution in [0.2, 0.25) is 0 Å². The highest BCUT2D eigenvalue weighted by Crippen LogP contribution is 2.40. The number of hydrogen-bond acceptors (Lipinski definition) is 3. The second kappa shape index (κ2) is 4.58. The van der Waals surface area contributed by atoms with E-state index >= 15 is 0 Å². The lowest BCUT2D eigenvalue weighted by Crippen LogP contribution is -1.99. The Morgan fingerprint density at radius 2 is 1.92 bits per heavy atom. The molecular formula is C7H10N3OPS. The second-order valence-electron chi connectivity index (χ2n) is 2.32. The van der Waals surface area contributed by atoms with E-state index < -0.39 is 6.65 Å². The van der Waals surface area contributed by atoms with Crippen molar-refractivity contribution in [1.82, 2.24) is 0 Å². The summed E-state index contributed by atoms with van der Waals surface area (Å²) in [4.78, 5) is 4.00. The lowest BCUT2D eigenvalue weighted by atomic mass is 10.3. The molecule has 0 bridgehead atoms. The predicted octanol–water partition coefficient (Wildman–Crippen LogP) is 2.11. The van der Waals surface area contributed by atoms with Crippen molar-refractivity contribution >= 4 is 29.3 Å². The van der Waals surface area contributed by atoms with E-state index in [1.54, 1.807) is 0 Å². The van der Waals surface area contributed by atoms with Crippen molar-refractivity contribution in [2.45, 2.75) is 0 Å². The Balaban J connectivity index is 2.56. The van der Waals surface area contributed by atoms with E-state index in [4.69, 9.17) is 11.0 Å². The smallest absolute Gasteiger partial charge is 0.266 e. The Labute approximate surface area is 80.6 Å². The maximum Gasteiger partial charge on any atom is 0.266 e. The number of aliphatic imine (C=N–C) groups is 1. The van der Waals surface area contributed by atoms with Crippen LogP contribution in [0.1, 0.15) is 0 Å². The Morgan fingerprint density at radius 1 is 1.31 bits per heavy atom. The van der Waals surface area contributed by atoms with Gasteiger partial charge in [0.2, 0.25) is 0 Å². The molecule has 1 aromatic rings. The van der Waals surface area contributed by atoms with Gasteiger partial charge in [0.25, 0.3) is 6.65 Å². The van der Waals surface area contributed by atoms with Crippen LogP contribution in [0.4, 0.5) is 5.69 Å². The van der Waals surface area contributed by atoms with Gasteiger partial charge in [-0.1, -0.05) is 18.2 Å². The van der Waals surface area contributed by atoms with Crippen LogP contribution in [-0.4, -0.2) is 5.55 Å². The van der Waals surface area contributed by atoms with Crippen molar-refractivity contribution in [3.8, 4) is 0 Å². The minimum Gasteiger partial charge on any atom is -0.277 e. The van der Waals surface area contributed by atoms with Crippen molar-refractivity contribution in [2.75, 3.05) is 0 Å². The van der Waals surface area contributed by atoms with E-state index in [0.717, 1.165) is 17.1 Å². The normalized spacial score (nSPS) is 12.2. The molecule has 13 heavy (non-hydrogen) atoms. The Hall–Kier alpha value is -0.610. The van der Waals surface area contributed by atoms with Crippen LogP contribution in [0.15, 0.2) is 35.3 Å². The van der Waals surface area contributed by atoms with Gasteiger partial charge in [-0.15, -0.1) is 0 Å². The molecule has 4 nitrogen and oxygen atoms in total. The second-order valence-corrected chi connectivity index (χ2v) is 6.38. The largest absolute Gasteiger partial charge is 0.277 e. The third-order valence-electron chi connectivity index (χ3n) is 1.17. The van der Waals surface area contributed by atoms with E-state index in [2.05, 4.69) is 4.99 Å². The molecule has 0 aromatic heterocycles. The lowest BCUT2D eigenvalue weighted by Gasteiger charge is -1.98. The SMILES string of the molecule is NP(N)(=O)S/C=N/c1ccccc1. The molecule has 0 spiro atoms. The van der Waals surface area contributed by atoms with Gasteiger partial charge in [-0.25, -0.2) is 4.99 Å². The fraction of sp³-hybridized carbons (Fsp3) is 0. The molecule has 0 heterocycles. The summed E-state index contributed by atoms with van der Waals surface area (Å²) >= 11 is 0.848. The Bertz CT molecular complexity index is 335. The molecule has 0 saturated carbocycles.